The zero-order valence-corrected chi connectivity index (χ0v) is 11.8. The average molecular weight is 253 g/mol. The molecule has 0 aliphatic carbocycles. The van der Waals surface area contributed by atoms with Gasteiger partial charge in [-0.15, -0.1) is 0 Å². The third-order valence-corrected chi connectivity index (χ3v) is 3.53. The fourth-order valence-corrected chi connectivity index (χ4v) is 2.55. The Bertz CT molecular complexity index is 317. The van der Waals surface area contributed by atoms with Crippen LogP contribution in [-0.2, 0) is 6.42 Å². The van der Waals surface area contributed by atoms with Crippen molar-refractivity contribution < 1.29 is 4.74 Å². The zero-order valence-electron chi connectivity index (χ0n) is 11.0. The Hall–Kier alpha value is -0.670. The van der Waals surface area contributed by atoms with Crippen molar-refractivity contribution in [2.75, 3.05) is 32.7 Å². The van der Waals surface area contributed by atoms with Crippen molar-refractivity contribution in [2.45, 2.75) is 12.8 Å². The molecule has 0 heterocycles. The van der Waals surface area contributed by atoms with Crippen LogP contribution in [0.1, 0.15) is 12.0 Å². The van der Waals surface area contributed by atoms with Gasteiger partial charge in [-0.3, -0.25) is 0 Å². The molecule has 0 saturated heterocycles. The lowest BCUT2D eigenvalue weighted by molar-refractivity contribution is 0.413. The lowest BCUT2D eigenvalue weighted by Crippen LogP contribution is -2.21. The number of rotatable bonds is 8. The third-order valence-electron chi connectivity index (χ3n) is 2.88. The van der Waals surface area contributed by atoms with E-state index in [0.29, 0.717) is 5.92 Å². The normalized spacial score (nSPS) is 12.4. The topological polar surface area (TPSA) is 21.3 Å². The number of hydrogen-bond acceptors (Lipinski definition) is 3. The Morgan fingerprint density at radius 2 is 2.24 bits per heavy atom. The summed E-state index contributed by atoms with van der Waals surface area (Å²) >= 11 is 1.92. The predicted molar refractivity (Wildman–Crippen MR) is 77.1 cm³/mol. The van der Waals surface area contributed by atoms with Crippen LogP contribution in [0.3, 0.4) is 0 Å². The van der Waals surface area contributed by atoms with Crippen LogP contribution in [0, 0.1) is 5.92 Å². The maximum atomic E-state index is 5.26. The van der Waals surface area contributed by atoms with Crippen molar-refractivity contribution in [2.24, 2.45) is 5.92 Å². The largest absolute Gasteiger partial charge is 0.497 e. The number of methoxy groups -OCH3 is 1. The van der Waals surface area contributed by atoms with Gasteiger partial charge in [0.2, 0.25) is 0 Å². The highest BCUT2D eigenvalue weighted by molar-refractivity contribution is 7.98. The van der Waals surface area contributed by atoms with Gasteiger partial charge in [0.05, 0.1) is 7.11 Å². The average Bonchev–Trinajstić information content (AvgIpc) is 2.36. The minimum Gasteiger partial charge on any atom is -0.497 e. The monoisotopic (exact) mass is 253 g/mol. The number of thioether (sulfide) groups is 1. The van der Waals surface area contributed by atoms with E-state index in [1.807, 2.05) is 24.9 Å². The van der Waals surface area contributed by atoms with Crippen molar-refractivity contribution in [1.29, 1.82) is 0 Å². The summed E-state index contributed by atoms with van der Waals surface area (Å²) in [4.78, 5) is 0. The Morgan fingerprint density at radius 3 is 2.88 bits per heavy atom. The molecule has 0 aromatic heterocycles. The molecule has 0 aliphatic heterocycles. The summed E-state index contributed by atoms with van der Waals surface area (Å²) in [5.74, 6) is 2.89. The van der Waals surface area contributed by atoms with Gasteiger partial charge in [0.1, 0.15) is 5.75 Å². The van der Waals surface area contributed by atoms with Crippen LogP contribution in [0.2, 0.25) is 0 Å². The van der Waals surface area contributed by atoms with E-state index in [1.165, 1.54) is 17.7 Å². The second-order valence-electron chi connectivity index (χ2n) is 4.26. The van der Waals surface area contributed by atoms with Crippen molar-refractivity contribution in [3.05, 3.63) is 29.8 Å². The molecule has 2 nitrogen and oxygen atoms in total. The first-order valence-corrected chi connectivity index (χ1v) is 7.46. The minimum atomic E-state index is 0.708. The predicted octanol–water partition coefficient (Wildman–Crippen LogP) is 2.83. The first kappa shape index (κ1) is 14.4. The van der Waals surface area contributed by atoms with Crippen LogP contribution < -0.4 is 10.1 Å². The van der Waals surface area contributed by atoms with Crippen LogP contribution in [0.25, 0.3) is 0 Å². The van der Waals surface area contributed by atoms with E-state index in [4.69, 9.17) is 4.74 Å². The zero-order chi connectivity index (χ0) is 12.5. The van der Waals surface area contributed by atoms with Gasteiger partial charge in [-0.25, -0.2) is 0 Å². The van der Waals surface area contributed by atoms with Gasteiger partial charge in [0.15, 0.2) is 0 Å². The number of benzene rings is 1. The number of hydrogen-bond donors (Lipinski definition) is 1. The third kappa shape index (κ3) is 5.46. The summed E-state index contributed by atoms with van der Waals surface area (Å²) in [5, 5.41) is 3.29. The van der Waals surface area contributed by atoms with Gasteiger partial charge >= 0.3 is 0 Å². The first-order valence-electron chi connectivity index (χ1n) is 6.06. The highest BCUT2D eigenvalue weighted by atomic mass is 32.2. The lowest BCUT2D eigenvalue weighted by atomic mass is 9.97. The molecule has 0 spiro atoms. The standard InChI is InChI=1S/C14H23NOS/c1-15-11-13(7-8-17-3)9-12-5-4-6-14(10-12)16-2/h4-6,10,13,15H,7-9,11H2,1-3H3. The van der Waals surface area contributed by atoms with E-state index in [1.54, 1.807) is 7.11 Å². The Kier molecular flexibility index (Phi) is 7.13. The van der Waals surface area contributed by atoms with E-state index in [2.05, 4.69) is 29.8 Å². The molecule has 0 saturated carbocycles. The van der Waals surface area contributed by atoms with E-state index in [9.17, 15) is 0 Å². The van der Waals surface area contributed by atoms with Crippen LogP contribution in [0.5, 0.6) is 5.75 Å². The first-order chi connectivity index (χ1) is 8.30. The molecule has 96 valence electrons. The Morgan fingerprint density at radius 1 is 1.41 bits per heavy atom. The molecule has 1 N–H and O–H groups in total. The maximum absolute atomic E-state index is 5.26. The summed E-state index contributed by atoms with van der Waals surface area (Å²) in [5.41, 5.74) is 1.37. The molecule has 3 heteroatoms. The molecule has 0 bridgehead atoms. The molecule has 0 radical (unpaired) electrons. The smallest absolute Gasteiger partial charge is 0.119 e. The second-order valence-corrected chi connectivity index (χ2v) is 5.25. The molecule has 1 atom stereocenters. The summed E-state index contributed by atoms with van der Waals surface area (Å²) in [6.07, 6.45) is 4.56. The highest BCUT2D eigenvalue weighted by Crippen LogP contribution is 2.18. The van der Waals surface area contributed by atoms with Gasteiger partial charge in [0, 0.05) is 0 Å². The Labute approximate surface area is 109 Å². The molecule has 1 unspecified atom stereocenters. The Balaban J connectivity index is 2.57. The van der Waals surface area contributed by atoms with E-state index in [-0.39, 0.29) is 0 Å². The second kappa shape index (κ2) is 8.43. The molecule has 1 aromatic rings. The quantitative estimate of drug-likeness (QED) is 0.770. The maximum Gasteiger partial charge on any atom is 0.119 e. The number of ether oxygens (including phenoxy) is 1. The summed E-state index contributed by atoms with van der Waals surface area (Å²) < 4.78 is 5.26. The molecule has 0 aliphatic rings. The van der Waals surface area contributed by atoms with Crippen molar-refractivity contribution in [3.8, 4) is 5.75 Å². The van der Waals surface area contributed by atoms with Crippen LogP contribution >= 0.6 is 11.8 Å². The van der Waals surface area contributed by atoms with E-state index < -0.39 is 0 Å². The van der Waals surface area contributed by atoms with Crippen LogP contribution in [0.15, 0.2) is 24.3 Å². The minimum absolute atomic E-state index is 0.708. The summed E-state index contributed by atoms with van der Waals surface area (Å²) in [6, 6.07) is 8.39. The van der Waals surface area contributed by atoms with Gasteiger partial charge in [0.25, 0.3) is 0 Å². The van der Waals surface area contributed by atoms with E-state index >= 15 is 0 Å². The molecular weight excluding hydrogens is 230 g/mol. The summed E-state index contributed by atoms with van der Waals surface area (Å²) in [7, 11) is 3.75. The van der Waals surface area contributed by atoms with Crippen molar-refractivity contribution in [3.63, 3.8) is 0 Å². The van der Waals surface area contributed by atoms with Crippen LogP contribution in [-0.4, -0.2) is 32.7 Å². The molecule has 0 fully saturated rings. The molecule has 17 heavy (non-hydrogen) atoms. The van der Waals surface area contributed by atoms with E-state index in [0.717, 1.165) is 18.7 Å². The molecule has 1 rings (SSSR count). The molecular formula is C14H23NOS. The number of nitrogens with one attached hydrogen (secondary N) is 1. The molecule has 0 amide bonds. The van der Waals surface area contributed by atoms with Crippen molar-refractivity contribution in [1.82, 2.24) is 5.32 Å². The van der Waals surface area contributed by atoms with Crippen molar-refractivity contribution >= 4 is 11.8 Å². The highest BCUT2D eigenvalue weighted by Gasteiger charge is 2.09. The fourth-order valence-electron chi connectivity index (χ4n) is 1.98. The van der Waals surface area contributed by atoms with Gasteiger partial charge < -0.3 is 10.1 Å². The SMILES string of the molecule is CNCC(CCSC)Cc1cccc(OC)c1. The van der Waals surface area contributed by atoms with Gasteiger partial charge in [-0.2, -0.15) is 11.8 Å². The van der Waals surface area contributed by atoms with Gasteiger partial charge in [-0.1, -0.05) is 12.1 Å². The lowest BCUT2D eigenvalue weighted by Gasteiger charge is -2.16. The summed E-state index contributed by atoms with van der Waals surface area (Å²) in [6.45, 7) is 1.08. The molecule has 1 aromatic carbocycles. The van der Waals surface area contributed by atoms with Gasteiger partial charge in [-0.05, 0) is 62.1 Å². The fraction of sp³-hybridized carbons (Fsp3) is 0.571. The van der Waals surface area contributed by atoms with Crippen LogP contribution in [0.4, 0.5) is 0 Å².